The molecule has 0 amide bonds. The Hall–Kier alpha value is -1.44. The van der Waals surface area contributed by atoms with Crippen LogP contribution in [-0.4, -0.2) is 30.7 Å². The van der Waals surface area contributed by atoms with Gasteiger partial charge in [0, 0.05) is 34.5 Å². The highest BCUT2D eigenvalue weighted by molar-refractivity contribution is 14.1. The fourth-order valence-electron chi connectivity index (χ4n) is 2.63. The molecule has 0 N–H and O–H groups in total. The van der Waals surface area contributed by atoms with Crippen LogP contribution in [0.2, 0.25) is 36.3 Å². The zero-order chi connectivity index (χ0) is 26.1. The summed E-state index contributed by atoms with van der Waals surface area (Å²) in [7, 11) is -0.0109. The van der Waals surface area contributed by atoms with E-state index in [2.05, 4.69) is 143 Å². The fraction of sp³-hybridized carbons (Fsp3) is 0.500. The quantitative estimate of drug-likeness (QED) is 0.193. The van der Waals surface area contributed by atoms with Crippen LogP contribution in [0.3, 0.4) is 0 Å². The van der Waals surface area contributed by atoms with Gasteiger partial charge in [0.25, 0.3) is 16.6 Å². The first-order valence-electron chi connectivity index (χ1n) is 11.8. The van der Waals surface area contributed by atoms with Gasteiger partial charge in [0.05, 0.1) is 0 Å². The molecule has 0 aliphatic rings. The molecular formula is C28H42INO2Si2. The van der Waals surface area contributed by atoms with Gasteiger partial charge in [-0.15, -0.1) is 0 Å². The SMILES string of the molecule is CN(C)c1ccc(C#Cc2cc(O[Si](C)(C)C(C)(C)C)c(O[Si](C)(C)C(C)(C)C)cc2I)cc1. The van der Waals surface area contributed by atoms with Gasteiger partial charge in [0.15, 0.2) is 0 Å². The van der Waals surface area contributed by atoms with Crippen LogP contribution in [0.5, 0.6) is 11.5 Å². The molecule has 0 fully saturated rings. The molecule has 0 aliphatic heterocycles. The molecule has 0 unspecified atom stereocenters. The Morgan fingerprint density at radius 1 is 0.735 bits per heavy atom. The highest BCUT2D eigenvalue weighted by atomic mass is 127. The lowest BCUT2D eigenvalue weighted by atomic mass is 10.1. The van der Waals surface area contributed by atoms with Gasteiger partial charge in [-0.05, 0) is 95.3 Å². The third kappa shape index (κ3) is 7.05. The Kier molecular flexibility index (Phi) is 8.70. The lowest BCUT2D eigenvalue weighted by molar-refractivity contribution is 0.440. The van der Waals surface area contributed by atoms with Crippen molar-refractivity contribution in [3.63, 3.8) is 0 Å². The van der Waals surface area contributed by atoms with Gasteiger partial charge in [-0.1, -0.05) is 53.4 Å². The Morgan fingerprint density at radius 3 is 1.59 bits per heavy atom. The second kappa shape index (κ2) is 10.3. The predicted molar refractivity (Wildman–Crippen MR) is 162 cm³/mol. The number of nitrogens with zero attached hydrogens (tertiary/aromatic N) is 1. The molecule has 0 spiro atoms. The molecule has 6 heteroatoms. The van der Waals surface area contributed by atoms with Crippen LogP contribution in [0.4, 0.5) is 5.69 Å². The van der Waals surface area contributed by atoms with Crippen molar-refractivity contribution in [3.8, 4) is 23.3 Å². The number of hydrogen-bond acceptors (Lipinski definition) is 3. The zero-order valence-electron chi connectivity index (χ0n) is 23.1. The molecule has 0 heterocycles. The van der Waals surface area contributed by atoms with E-state index in [0.29, 0.717) is 0 Å². The molecule has 0 aliphatic carbocycles. The van der Waals surface area contributed by atoms with Gasteiger partial charge in [-0.3, -0.25) is 0 Å². The van der Waals surface area contributed by atoms with E-state index in [1.165, 1.54) is 0 Å². The Morgan fingerprint density at radius 2 is 1.18 bits per heavy atom. The Bertz CT molecular complexity index is 1070. The van der Waals surface area contributed by atoms with E-state index in [0.717, 1.165) is 31.9 Å². The van der Waals surface area contributed by atoms with Gasteiger partial charge < -0.3 is 13.8 Å². The summed E-state index contributed by atoms with van der Waals surface area (Å²) in [6.07, 6.45) is 0. The lowest BCUT2D eigenvalue weighted by Gasteiger charge is -2.39. The minimum Gasteiger partial charge on any atom is -0.541 e. The first-order chi connectivity index (χ1) is 15.3. The molecule has 0 saturated carbocycles. The van der Waals surface area contributed by atoms with Crippen molar-refractivity contribution >= 4 is 44.9 Å². The highest BCUT2D eigenvalue weighted by Gasteiger charge is 2.42. The molecule has 3 nitrogen and oxygen atoms in total. The molecule has 0 radical (unpaired) electrons. The highest BCUT2D eigenvalue weighted by Crippen LogP contribution is 2.44. The standard InChI is InChI=1S/C28H42INO2Si2/c1-27(2,3)33(9,10)31-25-19-22(16-13-21-14-17-23(18-15-21)30(7)8)24(29)20-26(25)32-34(11,12)28(4,5)6/h14-15,17-20H,1-12H3. The molecule has 2 aromatic rings. The van der Waals surface area contributed by atoms with E-state index >= 15 is 0 Å². The van der Waals surface area contributed by atoms with Gasteiger partial charge in [-0.25, -0.2) is 0 Å². The van der Waals surface area contributed by atoms with Crippen LogP contribution in [0, 0.1) is 15.4 Å². The number of rotatable bonds is 5. The molecule has 34 heavy (non-hydrogen) atoms. The van der Waals surface area contributed by atoms with E-state index in [1.54, 1.807) is 0 Å². The second-order valence-corrected chi connectivity index (χ2v) is 22.8. The van der Waals surface area contributed by atoms with Crippen molar-refractivity contribution in [2.45, 2.75) is 77.8 Å². The second-order valence-electron chi connectivity index (χ2n) is 12.2. The third-order valence-corrected chi connectivity index (χ3v) is 16.7. The molecular weight excluding hydrogens is 565 g/mol. The van der Waals surface area contributed by atoms with Gasteiger partial charge >= 0.3 is 0 Å². The Balaban J connectivity index is 2.54. The number of hydrogen-bond donors (Lipinski definition) is 0. The minimum atomic E-state index is -2.06. The van der Waals surface area contributed by atoms with E-state index in [4.69, 9.17) is 8.85 Å². The maximum Gasteiger partial charge on any atom is 0.250 e. The largest absolute Gasteiger partial charge is 0.541 e. The molecule has 0 bridgehead atoms. The van der Waals surface area contributed by atoms with Crippen LogP contribution in [-0.2, 0) is 0 Å². The van der Waals surface area contributed by atoms with Crippen LogP contribution < -0.4 is 13.8 Å². The summed E-state index contributed by atoms with van der Waals surface area (Å²) in [4.78, 5) is 2.09. The summed E-state index contributed by atoms with van der Waals surface area (Å²) < 4.78 is 14.6. The normalized spacial score (nSPS) is 12.6. The number of benzene rings is 2. The summed E-state index contributed by atoms with van der Waals surface area (Å²) in [5.74, 6) is 8.39. The van der Waals surface area contributed by atoms with E-state index in [1.807, 2.05) is 14.1 Å². The topological polar surface area (TPSA) is 21.7 Å². The summed E-state index contributed by atoms with van der Waals surface area (Å²) in [5, 5.41) is 0.189. The molecule has 2 rings (SSSR count). The zero-order valence-corrected chi connectivity index (χ0v) is 27.3. The molecule has 0 aromatic heterocycles. The summed E-state index contributed by atoms with van der Waals surface area (Å²) >= 11 is 2.37. The Labute approximate surface area is 224 Å². The maximum atomic E-state index is 6.81. The van der Waals surface area contributed by atoms with E-state index in [9.17, 15) is 0 Å². The average molecular weight is 608 g/mol. The first kappa shape index (κ1) is 28.8. The maximum absolute atomic E-state index is 6.81. The summed E-state index contributed by atoms with van der Waals surface area (Å²) in [6, 6.07) is 12.5. The van der Waals surface area contributed by atoms with Crippen molar-refractivity contribution < 1.29 is 8.85 Å². The van der Waals surface area contributed by atoms with Gasteiger partial charge in [-0.2, -0.15) is 0 Å². The first-order valence-corrected chi connectivity index (χ1v) is 18.7. The number of anilines is 1. The molecule has 186 valence electrons. The van der Waals surface area contributed by atoms with Gasteiger partial charge in [0.1, 0.15) is 11.5 Å². The van der Waals surface area contributed by atoms with Crippen molar-refractivity contribution in [1.82, 2.24) is 0 Å². The van der Waals surface area contributed by atoms with E-state index < -0.39 is 16.6 Å². The molecule has 0 saturated heterocycles. The number of halogens is 1. The van der Waals surface area contributed by atoms with Gasteiger partial charge in [0.2, 0.25) is 0 Å². The molecule has 0 atom stereocenters. The lowest BCUT2D eigenvalue weighted by Crippen LogP contribution is -2.45. The van der Waals surface area contributed by atoms with Crippen LogP contribution >= 0.6 is 22.6 Å². The van der Waals surface area contributed by atoms with E-state index in [-0.39, 0.29) is 10.1 Å². The minimum absolute atomic E-state index is 0.0876. The summed E-state index contributed by atoms with van der Waals surface area (Å²) in [6.45, 7) is 22.7. The van der Waals surface area contributed by atoms with Crippen molar-refractivity contribution in [2.24, 2.45) is 0 Å². The summed E-state index contributed by atoms with van der Waals surface area (Å²) in [5.41, 5.74) is 3.13. The van der Waals surface area contributed by atoms with Crippen LogP contribution in [0.15, 0.2) is 36.4 Å². The predicted octanol–water partition coefficient (Wildman–Crippen LogP) is 8.53. The smallest absolute Gasteiger partial charge is 0.250 e. The monoisotopic (exact) mass is 607 g/mol. The van der Waals surface area contributed by atoms with Crippen molar-refractivity contribution in [2.75, 3.05) is 19.0 Å². The van der Waals surface area contributed by atoms with Crippen LogP contribution in [0.1, 0.15) is 52.7 Å². The van der Waals surface area contributed by atoms with Crippen molar-refractivity contribution in [1.29, 1.82) is 0 Å². The van der Waals surface area contributed by atoms with Crippen molar-refractivity contribution in [3.05, 3.63) is 51.1 Å². The molecule has 2 aromatic carbocycles. The fourth-order valence-corrected chi connectivity index (χ4v) is 5.23. The average Bonchev–Trinajstić information content (AvgIpc) is 2.67. The third-order valence-electron chi connectivity index (χ3n) is 7.10. The van der Waals surface area contributed by atoms with Crippen LogP contribution in [0.25, 0.3) is 0 Å².